The van der Waals surface area contributed by atoms with Gasteiger partial charge in [0, 0.05) is 17.7 Å². The van der Waals surface area contributed by atoms with E-state index in [4.69, 9.17) is 4.74 Å². The molecule has 1 atom stereocenters. The van der Waals surface area contributed by atoms with E-state index in [1.165, 1.54) is 18.2 Å². The first-order valence-corrected chi connectivity index (χ1v) is 9.72. The molecule has 0 aliphatic carbocycles. The molecule has 3 aromatic carbocycles. The summed E-state index contributed by atoms with van der Waals surface area (Å²) in [6, 6.07) is 19.4. The van der Waals surface area contributed by atoms with E-state index in [1.807, 2.05) is 36.4 Å². The highest BCUT2D eigenvalue weighted by molar-refractivity contribution is 5.97. The fourth-order valence-electron chi connectivity index (χ4n) is 3.22. The van der Waals surface area contributed by atoms with Crippen molar-refractivity contribution in [2.45, 2.75) is 25.6 Å². The maximum atomic E-state index is 13.2. The van der Waals surface area contributed by atoms with Gasteiger partial charge in [-0.25, -0.2) is 0 Å². The van der Waals surface area contributed by atoms with Gasteiger partial charge in [0.05, 0.1) is 18.4 Å². The summed E-state index contributed by atoms with van der Waals surface area (Å²) >= 11 is 0. The van der Waals surface area contributed by atoms with Crippen molar-refractivity contribution in [1.29, 1.82) is 0 Å². The van der Waals surface area contributed by atoms with Gasteiger partial charge in [-0.2, -0.15) is 13.2 Å². The number of ether oxygens (including phenoxy) is 1. The number of rotatable bonds is 7. The van der Waals surface area contributed by atoms with Crippen molar-refractivity contribution in [2.24, 2.45) is 0 Å². The Morgan fingerprint density at radius 2 is 1.68 bits per heavy atom. The van der Waals surface area contributed by atoms with Gasteiger partial charge >= 0.3 is 6.18 Å². The Morgan fingerprint density at radius 1 is 1.00 bits per heavy atom. The fourth-order valence-corrected chi connectivity index (χ4v) is 3.22. The number of carbonyl (C=O) groups is 1. The molecule has 0 spiro atoms. The molecule has 0 aromatic heterocycles. The molecule has 3 rings (SSSR count). The van der Waals surface area contributed by atoms with Crippen LogP contribution in [0, 0.1) is 0 Å². The zero-order valence-corrected chi connectivity index (χ0v) is 17.2. The van der Waals surface area contributed by atoms with Crippen LogP contribution < -0.4 is 15.4 Å². The van der Waals surface area contributed by atoms with Crippen LogP contribution in [0.1, 0.15) is 23.6 Å². The SMILES string of the molecule is COc1ccc(NC(C)C(=O)Nc2ccccc2C(F)(F)F)cc1Cc1ccccc1. The molecule has 7 heteroatoms. The van der Waals surface area contributed by atoms with E-state index in [9.17, 15) is 18.0 Å². The molecule has 0 radical (unpaired) electrons. The van der Waals surface area contributed by atoms with Gasteiger partial charge < -0.3 is 15.4 Å². The molecule has 1 unspecified atom stereocenters. The number of benzene rings is 3. The first-order chi connectivity index (χ1) is 14.8. The predicted octanol–water partition coefficient (Wildman–Crippen LogP) is 5.74. The minimum Gasteiger partial charge on any atom is -0.496 e. The van der Waals surface area contributed by atoms with Crippen LogP contribution in [0.2, 0.25) is 0 Å². The van der Waals surface area contributed by atoms with Crippen LogP contribution in [0.4, 0.5) is 24.5 Å². The normalized spacial score (nSPS) is 12.2. The number of hydrogen-bond acceptors (Lipinski definition) is 3. The molecule has 0 bridgehead atoms. The van der Waals surface area contributed by atoms with Gasteiger partial charge in [-0.15, -0.1) is 0 Å². The maximum Gasteiger partial charge on any atom is 0.418 e. The van der Waals surface area contributed by atoms with Gasteiger partial charge in [0.25, 0.3) is 0 Å². The molecule has 3 aromatic rings. The second kappa shape index (κ2) is 9.55. The van der Waals surface area contributed by atoms with Gasteiger partial charge in [0.1, 0.15) is 11.8 Å². The number of amides is 1. The lowest BCUT2D eigenvalue weighted by molar-refractivity contribution is -0.137. The van der Waals surface area contributed by atoms with Gasteiger partial charge in [0.2, 0.25) is 5.91 Å². The molecule has 4 nitrogen and oxygen atoms in total. The highest BCUT2D eigenvalue weighted by Crippen LogP contribution is 2.34. The predicted molar refractivity (Wildman–Crippen MR) is 115 cm³/mol. The minimum absolute atomic E-state index is 0.270. The second-order valence-electron chi connectivity index (χ2n) is 7.09. The summed E-state index contributed by atoms with van der Waals surface area (Å²) in [7, 11) is 1.59. The van der Waals surface area contributed by atoms with Crippen LogP contribution in [-0.4, -0.2) is 19.1 Å². The molecule has 0 saturated heterocycles. The average molecular weight is 428 g/mol. The number of anilines is 2. The number of halogens is 3. The molecule has 0 fully saturated rings. The molecule has 31 heavy (non-hydrogen) atoms. The van der Waals surface area contributed by atoms with Crippen molar-refractivity contribution in [1.82, 2.24) is 0 Å². The van der Waals surface area contributed by atoms with E-state index >= 15 is 0 Å². The van der Waals surface area contributed by atoms with Crippen LogP contribution >= 0.6 is 0 Å². The summed E-state index contributed by atoms with van der Waals surface area (Å²) in [6.07, 6.45) is -3.91. The van der Waals surface area contributed by atoms with Gasteiger partial charge in [-0.1, -0.05) is 42.5 Å². The lowest BCUT2D eigenvalue weighted by Crippen LogP contribution is -2.32. The number of hydrogen-bond donors (Lipinski definition) is 2. The monoisotopic (exact) mass is 428 g/mol. The summed E-state index contributed by atoms with van der Waals surface area (Å²) in [6.45, 7) is 1.59. The largest absolute Gasteiger partial charge is 0.496 e. The summed E-state index contributed by atoms with van der Waals surface area (Å²) in [5.41, 5.74) is 1.54. The Balaban J connectivity index is 1.74. The molecular formula is C24H23F3N2O2. The molecule has 162 valence electrons. The van der Waals surface area contributed by atoms with E-state index in [2.05, 4.69) is 10.6 Å². The molecule has 0 aliphatic heterocycles. The van der Waals surface area contributed by atoms with Crippen LogP contribution in [-0.2, 0) is 17.4 Å². The van der Waals surface area contributed by atoms with Gasteiger partial charge in [-0.3, -0.25) is 4.79 Å². The van der Waals surface area contributed by atoms with E-state index in [0.29, 0.717) is 17.9 Å². The number of nitrogens with one attached hydrogen (secondary N) is 2. The molecule has 0 aliphatic rings. The van der Waals surface area contributed by atoms with E-state index in [0.717, 1.165) is 17.2 Å². The first kappa shape index (κ1) is 22.2. The number of para-hydroxylation sites is 1. The highest BCUT2D eigenvalue weighted by atomic mass is 19.4. The van der Waals surface area contributed by atoms with Gasteiger partial charge in [0.15, 0.2) is 0 Å². The van der Waals surface area contributed by atoms with Crippen LogP contribution in [0.25, 0.3) is 0 Å². The standard InChI is InChI=1S/C24H23F3N2O2/c1-16(23(30)29-21-11-7-6-10-20(21)24(25,26)27)28-19-12-13-22(31-2)18(15-19)14-17-8-4-3-5-9-17/h3-13,15-16,28H,14H2,1-2H3,(H,29,30). The van der Waals surface area contributed by atoms with Crippen molar-refractivity contribution in [3.05, 3.63) is 89.5 Å². The lowest BCUT2D eigenvalue weighted by Gasteiger charge is -2.19. The third-order valence-corrected chi connectivity index (χ3v) is 4.78. The van der Waals surface area contributed by atoms with Gasteiger partial charge in [-0.05, 0) is 42.8 Å². The number of carbonyl (C=O) groups excluding carboxylic acids is 1. The topological polar surface area (TPSA) is 50.4 Å². The Bertz CT molecular complexity index is 1040. The Kier molecular flexibility index (Phi) is 6.84. The number of alkyl halides is 3. The van der Waals surface area contributed by atoms with Crippen LogP contribution in [0.5, 0.6) is 5.75 Å². The molecule has 1 amide bonds. The van der Waals surface area contributed by atoms with Crippen molar-refractivity contribution >= 4 is 17.3 Å². The second-order valence-corrected chi connectivity index (χ2v) is 7.09. The van der Waals surface area contributed by atoms with Crippen molar-refractivity contribution in [2.75, 3.05) is 17.7 Å². The Morgan fingerprint density at radius 3 is 2.35 bits per heavy atom. The summed E-state index contributed by atoms with van der Waals surface area (Å²) < 4.78 is 44.9. The zero-order chi connectivity index (χ0) is 22.4. The third-order valence-electron chi connectivity index (χ3n) is 4.78. The highest BCUT2D eigenvalue weighted by Gasteiger charge is 2.33. The number of methoxy groups -OCH3 is 1. The smallest absolute Gasteiger partial charge is 0.418 e. The molecule has 0 saturated carbocycles. The molecule has 0 heterocycles. The van der Waals surface area contributed by atoms with Crippen LogP contribution in [0.15, 0.2) is 72.8 Å². The Labute approximate surface area is 179 Å². The van der Waals surface area contributed by atoms with E-state index in [-0.39, 0.29) is 5.69 Å². The minimum atomic E-state index is -4.55. The fraction of sp³-hybridized carbons (Fsp3) is 0.208. The van der Waals surface area contributed by atoms with E-state index < -0.39 is 23.7 Å². The summed E-state index contributed by atoms with van der Waals surface area (Å²) in [4.78, 5) is 12.5. The van der Waals surface area contributed by atoms with Crippen molar-refractivity contribution in [3.8, 4) is 5.75 Å². The maximum absolute atomic E-state index is 13.2. The zero-order valence-electron chi connectivity index (χ0n) is 17.2. The molecular weight excluding hydrogens is 405 g/mol. The van der Waals surface area contributed by atoms with E-state index in [1.54, 1.807) is 26.2 Å². The lowest BCUT2D eigenvalue weighted by atomic mass is 10.0. The molecule has 2 N–H and O–H groups in total. The third kappa shape index (κ3) is 5.78. The van der Waals surface area contributed by atoms with Crippen molar-refractivity contribution < 1.29 is 22.7 Å². The van der Waals surface area contributed by atoms with Crippen molar-refractivity contribution in [3.63, 3.8) is 0 Å². The van der Waals surface area contributed by atoms with Crippen LogP contribution in [0.3, 0.4) is 0 Å². The Hall–Kier alpha value is -3.48. The first-order valence-electron chi connectivity index (χ1n) is 9.72. The summed E-state index contributed by atoms with van der Waals surface area (Å²) in [5.74, 6) is 0.141. The quantitative estimate of drug-likeness (QED) is 0.504. The summed E-state index contributed by atoms with van der Waals surface area (Å²) in [5, 5.41) is 5.42. The average Bonchev–Trinajstić information content (AvgIpc) is 2.74.